The van der Waals surface area contributed by atoms with E-state index < -0.39 is 24.0 Å². The van der Waals surface area contributed by atoms with E-state index in [0.717, 1.165) is 6.92 Å². The molecule has 5 heteroatoms. The molecule has 10 heavy (non-hydrogen) atoms. The van der Waals surface area contributed by atoms with Crippen molar-refractivity contribution in [2.45, 2.75) is 18.3 Å². The number of esters is 1. The predicted octanol–water partition coefficient (Wildman–Crippen LogP) is -2.02. The smallest absolute Gasteiger partial charge is 0.343 e. The molecule has 0 radical (unpaired) electrons. The van der Waals surface area contributed by atoms with Gasteiger partial charge in [-0.2, -0.15) is 0 Å². The molecule has 0 saturated carbocycles. The average Bonchev–Trinajstić information content (AvgIpc) is 1.94. The van der Waals surface area contributed by atoms with Gasteiger partial charge in [0.1, 0.15) is 6.61 Å². The number of hydrogen-bond acceptors (Lipinski definition) is 5. The standard InChI is InChI=1S/C5H8O5/c1-4(7)3(6)10-2-5(4,8)9/h7-9H,2H2,1H3/t4-/m0/s1. The van der Waals surface area contributed by atoms with Gasteiger partial charge in [-0.05, 0) is 6.92 Å². The maximum Gasteiger partial charge on any atom is 0.343 e. The van der Waals surface area contributed by atoms with Gasteiger partial charge in [-0.3, -0.25) is 0 Å². The van der Waals surface area contributed by atoms with Crippen molar-refractivity contribution in [2.75, 3.05) is 6.61 Å². The molecule has 1 aliphatic heterocycles. The highest BCUT2D eigenvalue weighted by Crippen LogP contribution is 2.27. The molecular formula is C5H8O5. The zero-order valence-electron chi connectivity index (χ0n) is 5.37. The summed E-state index contributed by atoms with van der Waals surface area (Å²) >= 11 is 0. The number of aliphatic hydroxyl groups is 3. The Morgan fingerprint density at radius 1 is 1.50 bits per heavy atom. The Bertz CT molecular complexity index is 171. The topological polar surface area (TPSA) is 87.0 Å². The third kappa shape index (κ3) is 0.716. The molecule has 0 amide bonds. The highest BCUT2D eigenvalue weighted by atomic mass is 16.6. The number of carbonyl (C=O) groups excluding carboxylic acids is 1. The molecule has 0 aliphatic carbocycles. The number of carbonyl (C=O) groups is 1. The van der Waals surface area contributed by atoms with Crippen LogP contribution in [0.1, 0.15) is 6.92 Å². The Hall–Kier alpha value is -0.650. The molecule has 3 N–H and O–H groups in total. The lowest BCUT2D eigenvalue weighted by Crippen LogP contribution is -2.52. The van der Waals surface area contributed by atoms with Gasteiger partial charge in [-0.15, -0.1) is 0 Å². The zero-order chi connectivity index (χ0) is 7.99. The second-order valence-electron chi connectivity index (χ2n) is 2.46. The lowest BCUT2D eigenvalue weighted by Gasteiger charge is -2.23. The Kier molecular flexibility index (Phi) is 1.26. The summed E-state index contributed by atoms with van der Waals surface area (Å²) in [4.78, 5) is 10.5. The van der Waals surface area contributed by atoms with Crippen LogP contribution in [0.25, 0.3) is 0 Å². The molecule has 5 nitrogen and oxygen atoms in total. The van der Waals surface area contributed by atoms with E-state index in [2.05, 4.69) is 4.74 Å². The van der Waals surface area contributed by atoms with Crippen molar-refractivity contribution >= 4 is 5.97 Å². The molecule has 58 valence electrons. The number of hydrogen-bond donors (Lipinski definition) is 3. The van der Waals surface area contributed by atoms with Crippen LogP contribution < -0.4 is 0 Å². The number of rotatable bonds is 0. The molecule has 0 spiro atoms. The maximum absolute atomic E-state index is 10.5. The summed E-state index contributed by atoms with van der Waals surface area (Å²) in [5, 5.41) is 26.7. The molecule has 0 aromatic rings. The second kappa shape index (κ2) is 1.69. The van der Waals surface area contributed by atoms with Gasteiger partial charge >= 0.3 is 5.97 Å². The lowest BCUT2D eigenvalue weighted by atomic mass is 9.99. The van der Waals surface area contributed by atoms with Crippen LogP contribution in [0, 0.1) is 0 Å². The van der Waals surface area contributed by atoms with E-state index in [1.165, 1.54) is 0 Å². The van der Waals surface area contributed by atoms with E-state index in [-0.39, 0.29) is 0 Å². The molecule has 0 bridgehead atoms. The predicted molar refractivity (Wildman–Crippen MR) is 28.8 cm³/mol. The van der Waals surface area contributed by atoms with E-state index in [0.29, 0.717) is 0 Å². The van der Waals surface area contributed by atoms with Crippen molar-refractivity contribution in [2.24, 2.45) is 0 Å². The summed E-state index contributed by atoms with van der Waals surface area (Å²) < 4.78 is 4.19. The summed E-state index contributed by atoms with van der Waals surface area (Å²) in [6.07, 6.45) is 0. The molecule has 1 rings (SSSR count). The van der Waals surface area contributed by atoms with E-state index in [4.69, 9.17) is 15.3 Å². The van der Waals surface area contributed by atoms with E-state index in [1.807, 2.05) is 0 Å². The first-order valence-electron chi connectivity index (χ1n) is 2.72. The fourth-order valence-corrected chi connectivity index (χ4v) is 0.611. The molecule has 0 aromatic carbocycles. The number of cyclic esters (lactones) is 1. The third-order valence-corrected chi connectivity index (χ3v) is 1.58. The molecule has 0 unspecified atom stereocenters. The van der Waals surface area contributed by atoms with Crippen molar-refractivity contribution in [1.29, 1.82) is 0 Å². The van der Waals surface area contributed by atoms with Crippen LogP contribution in [-0.2, 0) is 9.53 Å². The largest absolute Gasteiger partial charge is 0.458 e. The summed E-state index contributed by atoms with van der Waals surface area (Å²) in [6.45, 7) is 0.404. The van der Waals surface area contributed by atoms with Gasteiger partial charge < -0.3 is 20.1 Å². The minimum Gasteiger partial charge on any atom is -0.458 e. The highest BCUT2D eigenvalue weighted by molar-refractivity contribution is 5.82. The minimum atomic E-state index is -2.45. The monoisotopic (exact) mass is 148 g/mol. The Balaban J connectivity index is 2.95. The normalized spacial score (nSPS) is 37.8. The molecule has 1 fully saturated rings. The van der Waals surface area contributed by atoms with Gasteiger partial charge in [0.25, 0.3) is 0 Å². The van der Waals surface area contributed by atoms with Crippen LogP contribution in [0.15, 0.2) is 0 Å². The van der Waals surface area contributed by atoms with Crippen molar-refractivity contribution in [1.82, 2.24) is 0 Å². The van der Waals surface area contributed by atoms with Crippen molar-refractivity contribution in [3.8, 4) is 0 Å². The summed E-state index contributed by atoms with van der Waals surface area (Å²) in [7, 11) is 0. The van der Waals surface area contributed by atoms with Crippen molar-refractivity contribution < 1.29 is 24.9 Å². The number of ether oxygens (including phenoxy) is 1. The molecule has 1 saturated heterocycles. The van der Waals surface area contributed by atoms with Crippen LogP contribution in [0.3, 0.4) is 0 Å². The van der Waals surface area contributed by atoms with Crippen LogP contribution in [0.5, 0.6) is 0 Å². The first-order valence-corrected chi connectivity index (χ1v) is 2.72. The Morgan fingerprint density at radius 2 is 2.00 bits per heavy atom. The SMILES string of the molecule is C[C@]1(O)C(=O)OCC1(O)O. The molecule has 1 atom stereocenters. The van der Waals surface area contributed by atoms with Gasteiger partial charge in [0.05, 0.1) is 0 Å². The fourth-order valence-electron chi connectivity index (χ4n) is 0.611. The summed E-state index contributed by atoms with van der Waals surface area (Å²) in [5.41, 5.74) is -2.20. The fraction of sp³-hybridized carbons (Fsp3) is 0.800. The van der Waals surface area contributed by atoms with Crippen LogP contribution in [0.4, 0.5) is 0 Å². The van der Waals surface area contributed by atoms with Crippen molar-refractivity contribution in [3.05, 3.63) is 0 Å². The summed E-state index contributed by atoms with van der Waals surface area (Å²) in [5.74, 6) is -3.47. The second-order valence-corrected chi connectivity index (χ2v) is 2.46. The van der Waals surface area contributed by atoms with Gasteiger partial charge in [-0.25, -0.2) is 4.79 Å². The van der Waals surface area contributed by atoms with Gasteiger partial charge in [0, 0.05) is 0 Å². The summed E-state index contributed by atoms with van der Waals surface area (Å²) in [6, 6.07) is 0. The Morgan fingerprint density at radius 3 is 2.10 bits per heavy atom. The van der Waals surface area contributed by atoms with Crippen LogP contribution in [-0.4, -0.2) is 39.3 Å². The van der Waals surface area contributed by atoms with Crippen LogP contribution >= 0.6 is 0 Å². The Labute approximate surface area is 56.9 Å². The molecule has 1 heterocycles. The third-order valence-electron chi connectivity index (χ3n) is 1.58. The van der Waals surface area contributed by atoms with Crippen LogP contribution in [0.2, 0.25) is 0 Å². The zero-order valence-corrected chi connectivity index (χ0v) is 5.37. The van der Waals surface area contributed by atoms with Gasteiger partial charge in [-0.1, -0.05) is 0 Å². The van der Waals surface area contributed by atoms with Gasteiger partial charge in [0.2, 0.25) is 11.4 Å². The first kappa shape index (κ1) is 7.46. The maximum atomic E-state index is 10.5. The molecule has 0 aromatic heterocycles. The van der Waals surface area contributed by atoms with Crippen molar-refractivity contribution in [3.63, 3.8) is 0 Å². The van der Waals surface area contributed by atoms with E-state index in [9.17, 15) is 4.79 Å². The highest BCUT2D eigenvalue weighted by Gasteiger charge is 2.58. The van der Waals surface area contributed by atoms with E-state index in [1.54, 1.807) is 0 Å². The van der Waals surface area contributed by atoms with Gasteiger partial charge in [0.15, 0.2) is 0 Å². The average molecular weight is 148 g/mol. The lowest BCUT2D eigenvalue weighted by molar-refractivity contribution is -0.239. The first-order chi connectivity index (χ1) is 4.38. The minimum absolute atomic E-state index is 0.584. The quantitative estimate of drug-likeness (QED) is 0.272. The molecule has 1 aliphatic rings. The van der Waals surface area contributed by atoms with E-state index >= 15 is 0 Å². The molecular weight excluding hydrogens is 140 g/mol.